The van der Waals surface area contributed by atoms with Gasteiger partial charge in [0.05, 0.1) is 11.8 Å². The lowest BCUT2D eigenvalue weighted by Gasteiger charge is -2.17. The lowest BCUT2D eigenvalue weighted by molar-refractivity contribution is -0.139. The summed E-state index contributed by atoms with van der Waals surface area (Å²) in [6.07, 6.45) is 0.847. The summed E-state index contributed by atoms with van der Waals surface area (Å²) in [5, 5.41) is 15.8. The van der Waals surface area contributed by atoms with Crippen molar-refractivity contribution in [3.8, 4) is 0 Å². The van der Waals surface area contributed by atoms with Crippen molar-refractivity contribution in [2.75, 3.05) is 12.0 Å². The molecule has 21 heavy (non-hydrogen) atoms. The SMILES string of the molecule is CC(NC(=O)NC(CCS(C)(=O)=O)C(=O)O)c1cccs1. The van der Waals surface area contributed by atoms with Gasteiger partial charge in [-0.25, -0.2) is 18.0 Å². The largest absolute Gasteiger partial charge is 0.480 e. The third kappa shape index (κ3) is 6.58. The first-order valence-electron chi connectivity index (χ1n) is 6.20. The van der Waals surface area contributed by atoms with Crippen LogP contribution in [0.25, 0.3) is 0 Å². The third-order valence-electron chi connectivity index (χ3n) is 2.70. The van der Waals surface area contributed by atoms with E-state index in [0.717, 1.165) is 11.1 Å². The summed E-state index contributed by atoms with van der Waals surface area (Å²) in [7, 11) is -3.28. The van der Waals surface area contributed by atoms with E-state index in [9.17, 15) is 18.0 Å². The molecule has 0 fully saturated rings. The Kier molecular flexibility index (Phi) is 6.16. The minimum absolute atomic E-state index is 0.172. The molecule has 1 aromatic heterocycles. The van der Waals surface area contributed by atoms with Gasteiger partial charge in [0.15, 0.2) is 0 Å². The smallest absolute Gasteiger partial charge is 0.326 e. The fourth-order valence-corrected chi connectivity index (χ4v) is 2.99. The summed E-state index contributed by atoms with van der Waals surface area (Å²) in [5.74, 6) is -1.57. The maximum atomic E-state index is 11.8. The first-order chi connectivity index (χ1) is 9.69. The first kappa shape index (κ1) is 17.4. The third-order valence-corrected chi connectivity index (χ3v) is 4.73. The van der Waals surface area contributed by atoms with Crippen LogP contribution in [0.3, 0.4) is 0 Å². The fourth-order valence-electron chi connectivity index (χ4n) is 1.59. The lowest BCUT2D eigenvalue weighted by atomic mass is 10.2. The van der Waals surface area contributed by atoms with Gasteiger partial charge in [-0.05, 0) is 24.8 Å². The number of carboxylic acids is 1. The number of thiophene rings is 1. The van der Waals surface area contributed by atoms with E-state index in [1.54, 1.807) is 6.92 Å². The zero-order valence-corrected chi connectivity index (χ0v) is 13.3. The molecule has 2 atom stereocenters. The highest BCUT2D eigenvalue weighted by Gasteiger charge is 2.22. The Hall–Kier alpha value is -1.61. The van der Waals surface area contributed by atoms with Crippen LogP contribution < -0.4 is 10.6 Å². The molecule has 0 aliphatic heterocycles. The number of carboxylic acid groups (broad SMARTS) is 1. The topological polar surface area (TPSA) is 113 Å². The molecule has 0 radical (unpaired) electrons. The van der Waals surface area contributed by atoms with E-state index in [4.69, 9.17) is 5.11 Å². The van der Waals surface area contributed by atoms with Gasteiger partial charge >= 0.3 is 12.0 Å². The van der Waals surface area contributed by atoms with E-state index in [0.29, 0.717) is 0 Å². The Labute approximate surface area is 127 Å². The number of carbonyl (C=O) groups is 2. The minimum Gasteiger partial charge on any atom is -0.480 e. The van der Waals surface area contributed by atoms with Crippen molar-refractivity contribution in [3.05, 3.63) is 22.4 Å². The number of carbonyl (C=O) groups excluding carboxylic acids is 1. The second-order valence-electron chi connectivity index (χ2n) is 4.66. The normalized spacial score (nSPS) is 14.2. The Bertz CT molecular complexity index is 583. The molecule has 0 aromatic carbocycles. The molecule has 1 aromatic rings. The molecule has 3 N–H and O–H groups in total. The van der Waals surface area contributed by atoms with E-state index >= 15 is 0 Å². The number of amides is 2. The van der Waals surface area contributed by atoms with Gasteiger partial charge in [-0.1, -0.05) is 6.07 Å². The molecule has 0 saturated carbocycles. The van der Waals surface area contributed by atoms with Crippen LogP contribution in [-0.4, -0.2) is 43.6 Å². The number of rotatable bonds is 7. The van der Waals surface area contributed by atoms with Crippen molar-refractivity contribution in [2.24, 2.45) is 0 Å². The predicted octanol–water partition coefficient (Wildman–Crippen LogP) is 0.996. The average molecular weight is 334 g/mol. The van der Waals surface area contributed by atoms with E-state index in [1.807, 2.05) is 17.5 Å². The second-order valence-corrected chi connectivity index (χ2v) is 7.90. The number of hydrogen-bond donors (Lipinski definition) is 3. The molecule has 0 spiro atoms. The van der Waals surface area contributed by atoms with Crippen molar-refractivity contribution in [2.45, 2.75) is 25.4 Å². The van der Waals surface area contributed by atoms with Crippen LogP contribution in [0, 0.1) is 0 Å². The molecule has 2 amide bonds. The van der Waals surface area contributed by atoms with Crippen LogP contribution in [0.1, 0.15) is 24.3 Å². The van der Waals surface area contributed by atoms with E-state index < -0.39 is 27.9 Å². The van der Waals surface area contributed by atoms with E-state index in [-0.39, 0.29) is 18.2 Å². The highest BCUT2D eigenvalue weighted by molar-refractivity contribution is 7.90. The first-order valence-corrected chi connectivity index (χ1v) is 9.14. The molecule has 0 aliphatic rings. The van der Waals surface area contributed by atoms with Crippen LogP contribution in [0.4, 0.5) is 4.79 Å². The molecular weight excluding hydrogens is 316 g/mol. The van der Waals surface area contributed by atoms with Gasteiger partial charge < -0.3 is 15.7 Å². The van der Waals surface area contributed by atoms with Crippen molar-refractivity contribution in [1.29, 1.82) is 0 Å². The zero-order chi connectivity index (χ0) is 16.0. The molecule has 7 nitrogen and oxygen atoms in total. The highest BCUT2D eigenvalue weighted by Crippen LogP contribution is 2.17. The molecule has 0 bridgehead atoms. The monoisotopic (exact) mass is 334 g/mol. The summed E-state index contributed by atoms with van der Waals surface area (Å²) in [5.41, 5.74) is 0. The van der Waals surface area contributed by atoms with Gasteiger partial charge in [0.1, 0.15) is 15.9 Å². The summed E-state index contributed by atoms with van der Waals surface area (Å²) in [6.45, 7) is 1.78. The zero-order valence-electron chi connectivity index (χ0n) is 11.7. The molecule has 1 rings (SSSR count). The van der Waals surface area contributed by atoms with Gasteiger partial charge in [-0.2, -0.15) is 0 Å². The average Bonchev–Trinajstić information content (AvgIpc) is 2.86. The Morgan fingerprint density at radius 3 is 2.52 bits per heavy atom. The molecule has 118 valence electrons. The number of sulfone groups is 1. The number of hydrogen-bond acceptors (Lipinski definition) is 5. The molecule has 1 heterocycles. The van der Waals surface area contributed by atoms with Gasteiger partial charge in [-0.15, -0.1) is 11.3 Å². The van der Waals surface area contributed by atoms with Gasteiger partial charge in [0.2, 0.25) is 0 Å². The van der Waals surface area contributed by atoms with Gasteiger partial charge in [0.25, 0.3) is 0 Å². The van der Waals surface area contributed by atoms with Crippen molar-refractivity contribution >= 4 is 33.2 Å². The minimum atomic E-state index is -3.28. The Morgan fingerprint density at radius 2 is 2.05 bits per heavy atom. The maximum absolute atomic E-state index is 11.8. The van der Waals surface area contributed by atoms with Crippen molar-refractivity contribution in [3.63, 3.8) is 0 Å². The Balaban J connectivity index is 2.54. The number of nitrogens with one attached hydrogen (secondary N) is 2. The summed E-state index contributed by atoms with van der Waals surface area (Å²) >= 11 is 1.47. The Morgan fingerprint density at radius 1 is 1.38 bits per heavy atom. The molecule has 2 unspecified atom stereocenters. The number of aliphatic carboxylic acids is 1. The number of urea groups is 1. The van der Waals surface area contributed by atoms with Crippen LogP contribution >= 0.6 is 11.3 Å². The van der Waals surface area contributed by atoms with Gasteiger partial charge in [0, 0.05) is 11.1 Å². The fraction of sp³-hybridized carbons (Fsp3) is 0.500. The maximum Gasteiger partial charge on any atom is 0.326 e. The highest BCUT2D eigenvalue weighted by atomic mass is 32.2. The summed E-state index contributed by atoms with van der Waals surface area (Å²) in [4.78, 5) is 23.7. The second kappa shape index (κ2) is 7.41. The summed E-state index contributed by atoms with van der Waals surface area (Å²) in [6, 6.07) is 1.57. The van der Waals surface area contributed by atoms with Crippen LogP contribution in [-0.2, 0) is 14.6 Å². The van der Waals surface area contributed by atoms with E-state index in [1.165, 1.54) is 11.3 Å². The molecule has 0 saturated heterocycles. The molecule has 0 aliphatic carbocycles. The van der Waals surface area contributed by atoms with Crippen molar-refractivity contribution < 1.29 is 23.1 Å². The molecular formula is C12H18N2O5S2. The lowest BCUT2D eigenvalue weighted by Crippen LogP contribution is -2.47. The van der Waals surface area contributed by atoms with Crippen molar-refractivity contribution in [1.82, 2.24) is 10.6 Å². The molecule has 9 heteroatoms. The van der Waals surface area contributed by atoms with E-state index in [2.05, 4.69) is 10.6 Å². The van der Waals surface area contributed by atoms with Gasteiger partial charge in [-0.3, -0.25) is 0 Å². The summed E-state index contributed by atoms with van der Waals surface area (Å²) < 4.78 is 22.1. The predicted molar refractivity (Wildman–Crippen MR) is 80.2 cm³/mol. The van der Waals surface area contributed by atoms with Crippen LogP contribution in [0.2, 0.25) is 0 Å². The van der Waals surface area contributed by atoms with Crippen LogP contribution in [0.5, 0.6) is 0 Å². The van der Waals surface area contributed by atoms with Crippen LogP contribution in [0.15, 0.2) is 17.5 Å². The quantitative estimate of drug-likeness (QED) is 0.688. The standard InChI is InChI=1S/C12H18N2O5S2/c1-8(10-4-3-6-20-10)13-12(17)14-9(11(15)16)5-7-21(2,18)19/h3-4,6,8-9H,5,7H2,1-2H3,(H,15,16)(H2,13,14,17).